The van der Waals surface area contributed by atoms with Crippen molar-refractivity contribution in [3.8, 4) is 0 Å². The van der Waals surface area contributed by atoms with Gasteiger partial charge < -0.3 is 19.7 Å². The highest BCUT2D eigenvalue weighted by Gasteiger charge is 2.23. The summed E-state index contributed by atoms with van der Waals surface area (Å²) in [6.45, 7) is 4.33. The molecule has 1 aliphatic heterocycles. The van der Waals surface area contributed by atoms with Crippen LogP contribution in [-0.2, 0) is 9.47 Å². The summed E-state index contributed by atoms with van der Waals surface area (Å²) in [7, 11) is 0. The molecule has 0 spiro atoms. The molecule has 2 heterocycles. The van der Waals surface area contributed by atoms with Gasteiger partial charge in [0, 0.05) is 5.92 Å². The number of rotatable bonds is 4. The first-order valence-electron chi connectivity index (χ1n) is 5.54. The standard InChI is InChI=1S/C10H17N3O3/c1-7(2-3-11)10-12-9(13-16-10)8-6-14-4-5-15-8/h7-8H,2-6,11H2,1H3. The van der Waals surface area contributed by atoms with Crippen molar-refractivity contribution in [3.63, 3.8) is 0 Å². The van der Waals surface area contributed by atoms with Gasteiger partial charge in [-0.15, -0.1) is 0 Å². The Kier molecular flexibility index (Phi) is 3.87. The van der Waals surface area contributed by atoms with E-state index in [0.29, 0.717) is 38.1 Å². The topological polar surface area (TPSA) is 83.4 Å². The van der Waals surface area contributed by atoms with E-state index in [1.165, 1.54) is 0 Å². The minimum absolute atomic E-state index is 0.191. The Hall–Kier alpha value is -0.980. The molecule has 0 saturated carbocycles. The van der Waals surface area contributed by atoms with Crippen LogP contribution in [0.3, 0.4) is 0 Å². The molecule has 6 nitrogen and oxygen atoms in total. The van der Waals surface area contributed by atoms with Gasteiger partial charge in [-0.05, 0) is 13.0 Å². The first-order valence-corrected chi connectivity index (χ1v) is 5.54. The first kappa shape index (κ1) is 11.5. The monoisotopic (exact) mass is 227 g/mol. The summed E-state index contributed by atoms with van der Waals surface area (Å²) in [5.41, 5.74) is 5.48. The molecule has 0 bridgehead atoms. The van der Waals surface area contributed by atoms with E-state index in [2.05, 4.69) is 10.1 Å². The van der Waals surface area contributed by atoms with Gasteiger partial charge in [-0.25, -0.2) is 0 Å². The molecule has 2 atom stereocenters. The van der Waals surface area contributed by atoms with Gasteiger partial charge in [0.1, 0.15) is 6.10 Å². The van der Waals surface area contributed by atoms with Crippen molar-refractivity contribution in [3.05, 3.63) is 11.7 Å². The highest BCUT2D eigenvalue weighted by molar-refractivity contribution is 4.96. The molecule has 1 aromatic rings. The van der Waals surface area contributed by atoms with Crippen molar-refractivity contribution < 1.29 is 14.0 Å². The average Bonchev–Trinajstić information content (AvgIpc) is 2.80. The van der Waals surface area contributed by atoms with Crippen LogP contribution in [0.2, 0.25) is 0 Å². The summed E-state index contributed by atoms with van der Waals surface area (Å²) < 4.78 is 15.9. The first-order chi connectivity index (χ1) is 7.81. The normalized spacial score (nSPS) is 23.2. The maximum atomic E-state index is 5.48. The van der Waals surface area contributed by atoms with Gasteiger partial charge in [0.2, 0.25) is 11.7 Å². The second-order valence-corrected chi connectivity index (χ2v) is 3.90. The Bertz CT molecular complexity index is 323. The SMILES string of the molecule is CC(CCN)c1nc(C2COCCO2)no1. The van der Waals surface area contributed by atoms with Crippen LogP contribution in [0.15, 0.2) is 4.52 Å². The van der Waals surface area contributed by atoms with Gasteiger partial charge in [0.15, 0.2) is 0 Å². The summed E-state index contributed by atoms with van der Waals surface area (Å²) in [4.78, 5) is 4.31. The molecule has 1 aromatic heterocycles. The fraction of sp³-hybridized carbons (Fsp3) is 0.800. The Morgan fingerprint density at radius 2 is 2.38 bits per heavy atom. The smallest absolute Gasteiger partial charge is 0.229 e. The second-order valence-electron chi connectivity index (χ2n) is 3.90. The molecular weight excluding hydrogens is 210 g/mol. The van der Waals surface area contributed by atoms with Gasteiger partial charge >= 0.3 is 0 Å². The highest BCUT2D eigenvalue weighted by atomic mass is 16.6. The third-order valence-corrected chi connectivity index (χ3v) is 2.58. The van der Waals surface area contributed by atoms with Crippen LogP contribution >= 0.6 is 0 Å². The Labute approximate surface area is 94.1 Å². The van der Waals surface area contributed by atoms with Crippen LogP contribution in [0.5, 0.6) is 0 Å². The number of nitrogens with two attached hydrogens (primary N) is 1. The van der Waals surface area contributed by atoms with Crippen LogP contribution in [-0.4, -0.2) is 36.5 Å². The lowest BCUT2D eigenvalue weighted by Crippen LogP contribution is -2.22. The average molecular weight is 227 g/mol. The Balaban J connectivity index is 2.00. The molecule has 2 unspecified atom stereocenters. The molecule has 0 aromatic carbocycles. The summed E-state index contributed by atoms with van der Waals surface area (Å²) in [5, 5.41) is 3.91. The van der Waals surface area contributed by atoms with Crippen molar-refractivity contribution in [1.29, 1.82) is 0 Å². The fourth-order valence-corrected chi connectivity index (χ4v) is 1.59. The predicted molar refractivity (Wildman–Crippen MR) is 55.9 cm³/mol. The van der Waals surface area contributed by atoms with E-state index < -0.39 is 0 Å². The van der Waals surface area contributed by atoms with E-state index in [1.54, 1.807) is 0 Å². The maximum Gasteiger partial charge on any atom is 0.229 e. The number of ether oxygens (including phenoxy) is 2. The van der Waals surface area contributed by atoms with E-state index in [4.69, 9.17) is 19.7 Å². The Morgan fingerprint density at radius 3 is 3.06 bits per heavy atom. The van der Waals surface area contributed by atoms with Gasteiger partial charge in [-0.2, -0.15) is 4.98 Å². The quantitative estimate of drug-likeness (QED) is 0.811. The van der Waals surface area contributed by atoms with E-state index >= 15 is 0 Å². The maximum absolute atomic E-state index is 5.48. The number of hydrogen-bond donors (Lipinski definition) is 1. The summed E-state index contributed by atoms with van der Waals surface area (Å²) >= 11 is 0. The van der Waals surface area contributed by atoms with Gasteiger partial charge in [0.25, 0.3) is 0 Å². The molecule has 1 fully saturated rings. The van der Waals surface area contributed by atoms with Crippen molar-refractivity contribution in [2.45, 2.75) is 25.4 Å². The molecule has 1 saturated heterocycles. The lowest BCUT2D eigenvalue weighted by Gasteiger charge is -2.19. The van der Waals surface area contributed by atoms with Crippen LogP contribution in [0.4, 0.5) is 0 Å². The van der Waals surface area contributed by atoms with Crippen LogP contribution in [0.1, 0.15) is 37.1 Å². The molecule has 2 N–H and O–H groups in total. The highest BCUT2D eigenvalue weighted by Crippen LogP contribution is 2.21. The minimum atomic E-state index is -0.198. The minimum Gasteiger partial charge on any atom is -0.376 e. The predicted octanol–water partition coefficient (Wildman–Crippen LogP) is 0.610. The van der Waals surface area contributed by atoms with Crippen LogP contribution < -0.4 is 5.73 Å². The molecule has 6 heteroatoms. The van der Waals surface area contributed by atoms with Gasteiger partial charge in [0.05, 0.1) is 19.8 Å². The third kappa shape index (κ3) is 2.58. The van der Waals surface area contributed by atoms with Crippen LogP contribution in [0.25, 0.3) is 0 Å². The lowest BCUT2D eigenvalue weighted by molar-refractivity contribution is -0.0941. The van der Waals surface area contributed by atoms with Crippen molar-refractivity contribution in [2.75, 3.05) is 26.4 Å². The summed E-state index contributed by atoms with van der Waals surface area (Å²) in [6, 6.07) is 0. The van der Waals surface area contributed by atoms with E-state index in [-0.39, 0.29) is 12.0 Å². The summed E-state index contributed by atoms with van der Waals surface area (Å²) in [6.07, 6.45) is 0.639. The molecule has 0 aliphatic carbocycles. The van der Waals surface area contributed by atoms with Gasteiger partial charge in [-0.1, -0.05) is 12.1 Å². The molecule has 1 aliphatic rings. The number of aromatic nitrogens is 2. The van der Waals surface area contributed by atoms with Crippen molar-refractivity contribution in [2.24, 2.45) is 5.73 Å². The summed E-state index contributed by atoms with van der Waals surface area (Å²) in [5.74, 6) is 1.38. The zero-order chi connectivity index (χ0) is 11.4. The van der Waals surface area contributed by atoms with Crippen molar-refractivity contribution in [1.82, 2.24) is 10.1 Å². The third-order valence-electron chi connectivity index (χ3n) is 2.58. The van der Waals surface area contributed by atoms with Gasteiger partial charge in [-0.3, -0.25) is 0 Å². The molecule has 0 amide bonds. The molecule has 0 radical (unpaired) electrons. The molecule has 90 valence electrons. The number of hydrogen-bond acceptors (Lipinski definition) is 6. The largest absolute Gasteiger partial charge is 0.376 e. The molecule has 16 heavy (non-hydrogen) atoms. The van der Waals surface area contributed by atoms with E-state index in [9.17, 15) is 0 Å². The van der Waals surface area contributed by atoms with E-state index in [0.717, 1.165) is 6.42 Å². The van der Waals surface area contributed by atoms with Crippen LogP contribution in [0, 0.1) is 0 Å². The fourth-order valence-electron chi connectivity index (χ4n) is 1.59. The van der Waals surface area contributed by atoms with E-state index in [1.807, 2.05) is 6.92 Å². The van der Waals surface area contributed by atoms with Crippen molar-refractivity contribution >= 4 is 0 Å². The molecular formula is C10H17N3O3. The Morgan fingerprint density at radius 1 is 1.50 bits per heavy atom. The second kappa shape index (κ2) is 5.38. The molecule has 2 rings (SSSR count). The zero-order valence-electron chi connectivity index (χ0n) is 9.39. The zero-order valence-corrected chi connectivity index (χ0v) is 9.39. The number of nitrogens with zero attached hydrogens (tertiary/aromatic N) is 2. The lowest BCUT2D eigenvalue weighted by atomic mass is 10.1.